The van der Waals surface area contributed by atoms with Gasteiger partial charge >= 0.3 is 0 Å². The van der Waals surface area contributed by atoms with E-state index in [9.17, 15) is 0 Å². The fourth-order valence-corrected chi connectivity index (χ4v) is 3.96. The number of methoxy groups -OCH3 is 1. The van der Waals surface area contributed by atoms with Crippen LogP contribution in [-0.4, -0.2) is 18.6 Å². The first-order chi connectivity index (χ1) is 12.0. The van der Waals surface area contributed by atoms with Gasteiger partial charge in [0, 0.05) is 23.1 Å². The Labute approximate surface area is 149 Å². The van der Waals surface area contributed by atoms with E-state index in [0.717, 1.165) is 18.7 Å². The van der Waals surface area contributed by atoms with E-state index in [2.05, 4.69) is 73.5 Å². The molecule has 0 fully saturated rings. The molecule has 0 radical (unpaired) electrons. The lowest BCUT2D eigenvalue weighted by atomic mass is 9.83. The van der Waals surface area contributed by atoms with E-state index in [0.29, 0.717) is 0 Å². The second-order valence-corrected chi connectivity index (χ2v) is 7.91. The fourth-order valence-electron chi connectivity index (χ4n) is 3.96. The first-order valence-corrected chi connectivity index (χ1v) is 9.00. The van der Waals surface area contributed by atoms with Crippen molar-refractivity contribution in [2.45, 2.75) is 38.6 Å². The van der Waals surface area contributed by atoms with Crippen molar-refractivity contribution in [1.29, 1.82) is 0 Å². The molecule has 0 amide bonds. The number of hydrogen-bond acceptors (Lipinski definition) is 2. The molecule has 3 aromatic rings. The Balaban J connectivity index is 1.84. The van der Waals surface area contributed by atoms with Crippen molar-refractivity contribution in [2.75, 3.05) is 13.7 Å². The third-order valence-corrected chi connectivity index (χ3v) is 5.22. The van der Waals surface area contributed by atoms with E-state index in [1.54, 1.807) is 7.11 Å². The van der Waals surface area contributed by atoms with Crippen LogP contribution in [0.15, 0.2) is 42.5 Å². The van der Waals surface area contributed by atoms with Crippen LogP contribution in [0.1, 0.15) is 49.2 Å². The highest BCUT2D eigenvalue weighted by Crippen LogP contribution is 2.37. The van der Waals surface area contributed by atoms with Crippen LogP contribution in [0.2, 0.25) is 0 Å². The van der Waals surface area contributed by atoms with Crippen molar-refractivity contribution >= 4 is 10.9 Å². The Morgan fingerprint density at radius 2 is 1.88 bits per heavy atom. The molecule has 2 aromatic carbocycles. The molecule has 0 aliphatic carbocycles. The summed E-state index contributed by atoms with van der Waals surface area (Å²) in [6.45, 7) is 7.70. The van der Waals surface area contributed by atoms with Crippen molar-refractivity contribution in [3.8, 4) is 5.75 Å². The molecule has 1 aromatic heterocycles. The molecule has 3 nitrogen and oxygen atoms in total. The first-order valence-electron chi connectivity index (χ1n) is 9.00. The molecule has 1 aliphatic heterocycles. The van der Waals surface area contributed by atoms with E-state index in [4.69, 9.17) is 4.74 Å². The van der Waals surface area contributed by atoms with Crippen molar-refractivity contribution in [1.82, 2.24) is 10.3 Å². The molecule has 0 spiro atoms. The predicted molar refractivity (Wildman–Crippen MR) is 104 cm³/mol. The molecule has 25 heavy (non-hydrogen) atoms. The highest BCUT2D eigenvalue weighted by atomic mass is 16.5. The van der Waals surface area contributed by atoms with Crippen molar-refractivity contribution in [2.24, 2.45) is 0 Å². The number of nitrogens with one attached hydrogen (secondary N) is 2. The maximum atomic E-state index is 5.60. The third-order valence-electron chi connectivity index (χ3n) is 5.22. The minimum Gasteiger partial charge on any atom is -0.496 e. The van der Waals surface area contributed by atoms with Crippen LogP contribution in [-0.2, 0) is 11.8 Å². The van der Waals surface area contributed by atoms with Crippen molar-refractivity contribution in [3.63, 3.8) is 0 Å². The van der Waals surface area contributed by atoms with Crippen molar-refractivity contribution in [3.05, 3.63) is 64.8 Å². The molecule has 0 bridgehead atoms. The smallest absolute Gasteiger partial charge is 0.122 e. The molecular weight excluding hydrogens is 308 g/mol. The zero-order valence-corrected chi connectivity index (χ0v) is 15.4. The molecular formula is C22H26N2O. The van der Waals surface area contributed by atoms with Crippen LogP contribution in [0.3, 0.4) is 0 Å². The number of hydrogen-bond donors (Lipinski definition) is 2. The van der Waals surface area contributed by atoms with Crippen LogP contribution in [0, 0.1) is 0 Å². The van der Waals surface area contributed by atoms with Gasteiger partial charge in [0.1, 0.15) is 5.75 Å². The van der Waals surface area contributed by atoms with Crippen molar-refractivity contribution < 1.29 is 4.74 Å². The summed E-state index contributed by atoms with van der Waals surface area (Å²) in [4.78, 5) is 3.66. The SMILES string of the molecule is COc1ccc(C2NCCc3c2[nH]c2ccccc32)cc1C(C)(C)C. The van der Waals surface area contributed by atoms with E-state index < -0.39 is 0 Å². The van der Waals surface area contributed by atoms with Gasteiger partial charge in [0.25, 0.3) is 0 Å². The Hall–Kier alpha value is -2.26. The fraction of sp³-hybridized carbons (Fsp3) is 0.364. The molecule has 130 valence electrons. The summed E-state index contributed by atoms with van der Waals surface area (Å²) in [6.07, 6.45) is 1.07. The average Bonchev–Trinajstić information content (AvgIpc) is 2.99. The van der Waals surface area contributed by atoms with E-state index in [1.165, 1.54) is 33.3 Å². The second-order valence-electron chi connectivity index (χ2n) is 7.91. The van der Waals surface area contributed by atoms with Crippen LogP contribution >= 0.6 is 0 Å². The van der Waals surface area contributed by atoms with Gasteiger partial charge in [-0.3, -0.25) is 0 Å². The molecule has 1 atom stereocenters. The zero-order chi connectivity index (χ0) is 17.6. The number of benzene rings is 2. The minimum atomic E-state index is 0.0410. The Kier molecular flexibility index (Phi) is 3.84. The quantitative estimate of drug-likeness (QED) is 0.712. The van der Waals surface area contributed by atoms with E-state index >= 15 is 0 Å². The summed E-state index contributed by atoms with van der Waals surface area (Å²) in [5, 5.41) is 5.05. The second kappa shape index (κ2) is 5.92. The number of aromatic amines is 1. The molecule has 2 heterocycles. The third kappa shape index (κ3) is 2.73. The van der Waals surface area contributed by atoms with Crippen LogP contribution in [0.4, 0.5) is 0 Å². The Bertz CT molecular complexity index is 917. The summed E-state index contributed by atoms with van der Waals surface area (Å²) >= 11 is 0. The lowest BCUT2D eigenvalue weighted by molar-refractivity contribution is 0.397. The number of H-pyrrole nitrogens is 1. The normalized spacial score (nSPS) is 17.5. The zero-order valence-electron chi connectivity index (χ0n) is 15.4. The topological polar surface area (TPSA) is 37.0 Å². The maximum Gasteiger partial charge on any atom is 0.122 e. The van der Waals surface area contributed by atoms with Gasteiger partial charge in [-0.2, -0.15) is 0 Å². The van der Waals surface area contributed by atoms with Gasteiger partial charge < -0.3 is 15.0 Å². The minimum absolute atomic E-state index is 0.0410. The van der Waals surface area contributed by atoms with Gasteiger partial charge in [0.15, 0.2) is 0 Å². The molecule has 1 aliphatic rings. The van der Waals surface area contributed by atoms with Gasteiger partial charge in [-0.1, -0.05) is 45.0 Å². The largest absolute Gasteiger partial charge is 0.496 e. The number of ether oxygens (including phenoxy) is 1. The standard InChI is InChI=1S/C22H26N2O/c1-22(2,3)17-13-14(9-10-19(17)25-4)20-21-16(11-12-23-20)15-7-5-6-8-18(15)24-21/h5-10,13,20,23-24H,11-12H2,1-4H3. The summed E-state index contributed by atoms with van der Waals surface area (Å²) < 4.78 is 5.60. The number of rotatable bonds is 2. The van der Waals surface area contributed by atoms with Crippen LogP contribution in [0.5, 0.6) is 5.75 Å². The van der Waals surface area contributed by atoms with Gasteiger partial charge in [0.05, 0.1) is 13.2 Å². The molecule has 2 N–H and O–H groups in total. The average molecular weight is 334 g/mol. The van der Waals surface area contributed by atoms with Gasteiger partial charge in [-0.05, 0) is 46.7 Å². The lowest BCUT2D eigenvalue weighted by Gasteiger charge is -2.28. The Morgan fingerprint density at radius 1 is 1.08 bits per heavy atom. The summed E-state index contributed by atoms with van der Waals surface area (Å²) in [5.74, 6) is 0.962. The summed E-state index contributed by atoms with van der Waals surface area (Å²) in [6, 6.07) is 15.4. The summed E-state index contributed by atoms with van der Waals surface area (Å²) in [5.41, 5.74) is 6.56. The first kappa shape index (κ1) is 16.2. The Morgan fingerprint density at radius 3 is 2.64 bits per heavy atom. The highest BCUT2D eigenvalue weighted by molar-refractivity contribution is 5.85. The predicted octanol–water partition coefficient (Wildman–Crippen LogP) is 4.71. The maximum absolute atomic E-state index is 5.60. The van der Waals surface area contributed by atoms with Gasteiger partial charge in [0.2, 0.25) is 0 Å². The highest BCUT2D eigenvalue weighted by Gasteiger charge is 2.27. The van der Waals surface area contributed by atoms with Crippen LogP contribution < -0.4 is 10.1 Å². The molecule has 1 unspecified atom stereocenters. The van der Waals surface area contributed by atoms with Gasteiger partial charge in [-0.25, -0.2) is 0 Å². The van der Waals surface area contributed by atoms with Gasteiger partial charge in [-0.15, -0.1) is 0 Å². The lowest BCUT2D eigenvalue weighted by Crippen LogP contribution is -2.30. The number of fused-ring (bicyclic) bond motifs is 3. The van der Waals surface area contributed by atoms with E-state index in [-0.39, 0.29) is 11.5 Å². The molecule has 3 heteroatoms. The van der Waals surface area contributed by atoms with E-state index in [1.807, 2.05) is 0 Å². The van der Waals surface area contributed by atoms with Crippen LogP contribution in [0.25, 0.3) is 10.9 Å². The number of para-hydroxylation sites is 1. The molecule has 0 saturated heterocycles. The monoisotopic (exact) mass is 334 g/mol. The molecule has 4 rings (SSSR count). The molecule has 0 saturated carbocycles. The summed E-state index contributed by atoms with van der Waals surface area (Å²) in [7, 11) is 1.75. The number of aromatic nitrogens is 1.